The van der Waals surface area contributed by atoms with Gasteiger partial charge in [0.05, 0.1) is 6.10 Å². The molecule has 0 N–H and O–H groups in total. The summed E-state index contributed by atoms with van der Waals surface area (Å²) >= 11 is 0. The number of hydrogen-bond donors (Lipinski definition) is 0. The molecule has 3 nitrogen and oxygen atoms in total. The van der Waals surface area contributed by atoms with Gasteiger partial charge < -0.3 is 9.64 Å². The van der Waals surface area contributed by atoms with Crippen molar-refractivity contribution in [2.24, 2.45) is 0 Å². The Balaban J connectivity index is 0.000000921. The Kier molecular flexibility index (Phi) is 6.84. The van der Waals surface area contributed by atoms with E-state index in [1.165, 1.54) is 5.57 Å². The zero-order valence-corrected chi connectivity index (χ0v) is 10.4. The van der Waals surface area contributed by atoms with Crippen LogP contribution in [0.1, 0.15) is 40.5 Å². The monoisotopic (exact) mass is 213 g/mol. The number of nitrogens with zero attached hydrogens (tertiary/aromatic N) is 1. The Hall–Kier alpha value is -0.990. The molecule has 0 bridgehead atoms. The number of hydrogen-bond acceptors (Lipinski definition) is 2. The van der Waals surface area contributed by atoms with Crippen molar-refractivity contribution in [3.63, 3.8) is 0 Å². The van der Waals surface area contributed by atoms with E-state index in [4.69, 9.17) is 4.74 Å². The number of piperidine rings is 1. The summed E-state index contributed by atoms with van der Waals surface area (Å²) in [6.45, 7) is 13.1. The predicted octanol–water partition coefficient (Wildman–Crippen LogP) is 3.21. The van der Waals surface area contributed by atoms with Crippen LogP contribution in [0.25, 0.3) is 0 Å². The molecule has 1 fully saturated rings. The Bertz CT molecular complexity index is 202. The second-order valence-electron chi connectivity index (χ2n) is 3.67. The van der Waals surface area contributed by atoms with Gasteiger partial charge in [-0.3, -0.25) is 0 Å². The minimum absolute atomic E-state index is 0.0300. The summed E-state index contributed by atoms with van der Waals surface area (Å²) in [5, 5.41) is 0. The molecule has 88 valence electrons. The highest BCUT2D eigenvalue weighted by Gasteiger charge is 2.19. The molecule has 1 aliphatic rings. The molecule has 0 aliphatic carbocycles. The third-order valence-corrected chi connectivity index (χ3v) is 2.07. The minimum Gasteiger partial charge on any atom is -0.447 e. The van der Waals surface area contributed by atoms with Crippen LogP contribution < -0.4 is 0 Å². The second kappa shape index (κ2) is 7.32. The maximum absolute atomic E-state index is 11.4. The van der Waals surface area contributed by atoms with Crippen LogP contribution in [0.5, 0.6) is 0 Å². The van der Waals surface area contributed by atoms with E-state index in [0.29, 0.717) is 0 Å². The van der Waals surface area contributed by atoms with Gasteiger partial charge in [0.25, 0.3) is 0 Å². The quantitative estimate of drug-likeness (QED) is 0.626. The van der Waals surface area contributed by atoms with E-state index in [1.54, 1.807) is 4.90 Å². The van der Waals surface area contributed by atoms with Crippen molar-refractivity contribution in [1.82, 2.24) is 4.90 Å². The lowest BCUT2D eigenvalue weighted by atomic mass is 10.1. The van der Waals surface area contributed by atoms with Gasteiger partial charge in [-0.25, -0.2) is 4.79 Å². The Morgan fingerprint density at radius 3 is 2.20 bits per heavy atom. The molecule has 1 amide bonds. The fourth-order valence-electron chi connectivity index (χ4n) is 1.28. The smallest absolute Gasteiger partial charge is 0.410 e. The first-order chi connectivity index (χ1) is 7.09. The Labute approximate surface area is 93.1 Å². The maximum atomic E-state index is 11.4. The van der Waals surface area contributed by atoms with E-state index in [-0.39, 0.29) is 12.2 Å². The van der Waals surface area contributed by atoms with Crippen molar-refractivity contribution in [2.75, 3.05) is 13.1 Å². The number of carbonyl (C=O) groups excluding carboxylic acids is 1. The first-order valence-corrected chi connectivity index (χ1v) is 5.72. The molecule has 0 radical (unpaired) electrons. The lowest BCUT2D eigenvalue weighted by molar-refractivity contribution is 0.0746. The molecule has 3 heteroatoms. The van der Waals surface area contributed by atoms with Gasteiger partial charge in [0.15, 0.2) is 0 Å². The van der Waals surface area contributed by atoms with Crippen LogP contribution in [-0.4, -0.2) is 30.2 Å². The average molecular weight is 213 g/mol. The third kappa shape index (κ3) is 5.45. The van der Waals surface area contributed by atoms with Crippen LogP contribution in [0.15, 0.2) is 12.2 Å². The molecule has 0 aromatic heterocycles. The first-order valence-electron chi connectivity index (χ1n) is 5.72. The number of ether oxygens (including phenoxy) is 1. The molecule has 0 unspecified atom stereocenters. The standard InChI is InChI=1S/C10H17NO2.C2H6/c1-8(2)13-10(12)11-6-4-9(3)5-7-11;1-2/h8H,3-7H2,1-2H3;1-2H3. The lowest BCUT2D eigenvalue weighted by Gasteiger charge is -2.27. The largest absolute Gasteiger partial charge is 0.447 e. The highest BCUT2D eigenvalue weighted by Crippen LogP contribution is 2.14. The van der Waals surface area contributed by atoms with Crippen molar-refractivity contribution in [1.29, 1.82) is 0 Å². The molecule has 1 heterocycles. The molecule has 1 rings (SSSR count). The molecular formula is C12H23NO2. The van der Waals surface area contributed by atoms with Crippen LogP contribution in [0, 0.1) is 0 Å². The van der Waals surface area contributed by atoms with Gasteiger partial charge >= 0.3 is 6.09 Å². The highest BCUT2D eigenvalue weighted by atomic mass is 16.6. The second-order valence-corrected chi connectivity index (χ2v) is 3.67. The predicted molar refractivity (Wildman–Crippen MR) is 62.9 cm³/mol. The summed E-state index contributed by atoms with van der Waals surface area (Å²) in [7, 11) is 0. The molecule has 0 aromatic carbocycles. The number of carbonyl (C=O) groups is 1. The van der Waals surface area contributed by atoms with Crippen LogP contribution in [0.2, 0.25) is 0 Å². The zero-order valence-electron chi connectivity index (χ0n) is 10.4. The van der Waals surface area contributed by atoms with E-state index in [2.05, 4.69) is 6.58 Å². The van der Waals surface area contributed by atoms with Crippen LogP contribution in [0.3, 0.4) is 0 Å². The number of amides is 1. The maximum Gasteiger partial charge on any atom is 0.410 e. The normalized spacial score (nSPS) is 15.8. The summed E-state index contributed by atoms with van der Waals surface area (Å²) in [4.78, 5) is 13.1. The van der Waals surface area contributed by atoms with E-state index >= 15 is 0 Å². The van der Waals surface area contributed by atoms with Gasteiger partial charge in [-0.2, -0.15) is 0 Å². The van der Waals surface area contributed by atoms with Gasteiger partial charge in [-0.1, -0.05) is 26.0 Å². The SMILES string of the molecule is C=C1CCN(C(=O)OC(C)C)CC1.CC. The summed E-state index contributed by atoms with van der Waals surface area (Å²) in [5.41, 5.74) is 1.23. The third-order valence-electron chi connectivity index (χ3n) is 2.07. The summed E-state index contributed by atoms with van der Waals surface area (Å²) in [6, 6.07) is 0. The van der Waals surface area contributed by atoms with Crippen molar-refractivity contribution < 1.29 is 9.53 Å². The van der Waals surface area contributed by atoms with Gasteiger partial charge in [0.1, 0.15) is 0 Å². The van der Waals surface area contributed by atoms with E-state index in [9.17, 15) is 4.79 Å². The molecule has 0 spiro atoms. The molecule has 1 saturated heterocycles. The van der Waals surface area contributed by atoms with Gasteiger partial charge in [-0.15, -0.1) is 0 Å². The molecular weight excluding hydrogens is 190 g/mol. The fourth-order valence-corrected chi connectivity index (χ4v) is 1.28. The lowest BCUT2D eigenvalue weighted by Crippen LogP contribution is -2.37. The molecule has 0 aromatic rings. The topological polar surface area (TPSA) is 29.5 Å². The van der Waals surface area contributed by atoms with Crippen molar-refractivity contribution in [3.05, 3.63) is 12.2 Å². The van der Waals surface area contributed by atoms with Crippen LogP contribution in [-0.2, 0) is 4.74 Å². The molecule has 0 atom stereocenters. The Morgan fingerprint density at radius 1 is 1.33 bits per heavy atom. The van der Waals surface area contributed by atoms with Crippen LogP contribution in [0.4, 0.5) is 4.79 Å². The summed E-state index contributed by atoms with van der Waals surface area (Å²) in [5.74, 6) is 0. The zero-order chi connectivity index (χ0) is 11.8. The Morgan fingerprint density at radius 2 is 1.80 bits per heavy atom. The number of rotatable bonds is 1. The summed E-state index contributed by atoms with van der Waals surface area (Å²) < 4.78 is 5.08. The van der Waals surface area contributed by atoms with Crippen molar-refractivity contribution in [3.8, 4) is 0 Å². The highest BCUT2D eigenvalue weighted by molar-refractivity contribution is 5.68. The van der Waals surface area contributed by atoms with Gasteiger partial charge in [0.2, 0.25) is 0 Å². The van der Waals surface area contributed by atoms with E-state index < -0.39 is 0 Å². The van der Waals surface area contributed by atoms with E-state index in [1.807, 2.05) is 27.7 Å². The molecule has 0 saturated carbocycles. The average Bonchev–Trinajstić information content (AvgIpc) is 2.20. The molecule has 1 aliphatic heterocycles. The summed E-state index contributed by atoms with van der Waals surface area (Å²) in [6.07, 6.45) is 1.60. The van der Waals surface area contributed by atoms with Gasteiger partial charge in [-0.05, 0) is 26.7 Å². The number of likely N-dealkylation sites (tertiary alicyclic amines) is 1. The fraction of sp³-hybridized carbons (Fsp3) is 0.750. The van der Waals surface area contributed by atoms with Crippen molar-refractivity contribution in [2.45, 2.75) is 46.6 Å². The van der Waals surface area contributed by atoms with Crippen LogP contribution >= 0.6 is 0 Å². The minimum atomic E-state index is -0.192. The first kappa shape index (κ1) is 14.0. The molecule has 15 heavy (non-hydrogen) atoms. The van der Waals surface area contributed by atoms with Gasteiger partial charge in [0, 0.05) is 13.1 Å². The van der Waals surface area contributed by atoms with E-state index in [0.717, 1.165) is 25.9 Å². The van der Waals surface area contributed by atoms with Crippen molar-refractivity contribution >= 4 is 6.09 Å².